The first kappa shape index (κ1) is 25.6. The van der Waals surface area contributed by atoms with E-state index >= 15 is 0 Å². The molecule has 2 saturated heterocycles. The van der Waals surface area contributed by atoms with E-state index < -0.39 is 18.1 Å². The highest BCUT2D eigenvalue weighted by atomic mass is 16.7. The van der Waals surface area contributed by atoms with Crippen LogP contribution < -0.4 is 19.4 Å². The number of fused-ring (bicyclic) bond motifs is 1. The maximum Gasteiger partial charge on any atom is 0.266 e. The summed E-state index contributed by atoms with van der Waals surface area (Å²) in [7, 11) is 0. The fraction of sp³-hybridized carbons (Fsp3) is 0.212. The topological polar surface area (TPSA) is 68.3 Å². The molecule has 2 fully saturated rings. The number of aryl methyl sites for hydroxylation is 1. The highest BCUT2D eigenvalue weighted by molar-refractivity contribution is 6.23. The third-order valence-corrected chi connectivity index (χ3v) is 7.26. The quantitative estimate of drug-likeness (QED) is 0.258. The molecule has 7 nitrogen and oxygen atoms in total. The Morgan fingerprint density at radius 2 is 1.45 bits per heavy atom. The smallest absolute Gasteiger partial charge is 0.266 e. The first-order valence-corrected chi connectivity index (χ1v) is 13.4. The van der Waals surface area contributed by atoms with Crippen molar-refractivity contribution in [2.75, 3.05) is 16.6 Å². The number of hydrogen-bond acceptors (Lipinski definition) is 6. The van der Waals surface area contributed by atoms with Crippen molar-refractivity contribution in [1.29, 1.82) is 0 Å². The summed E-state index contributed by atoms with van der Waals surface area (Å²) in [5.74, 6) is -0.217. The van der Waals surface area contributed by atoms with E-state index in [0.29, 0.717) is 30.4 Å². The summed E-state index contributed by atoms with van der Waals surface area (Å²) in [5, 5.41) is 1.69. The Bertz CT molecular complexity index is 1510. The average Bonchev–Trinajstić information content (AvgIpc) is 3.49. The lowest BCUT2D eigenvalue weighted by Gasteiger charge is -2.29. The molecule has 6 rings (SSSR count). The fourth-order valence-electron chi connectivity index (χ4n) is 5.33. The first-order chi connectivity index (χ1) is 19.5. The third-order valence-electron chi connectivity index (χ3n) is 7.26. The minimum atomic E-state index is -0.941. The Morgan fingerprint density at radius 3 is 2.15 bits per heavy atom. The van der Waals surface area contributed by atoms with Gasteiger partial charge < -0.3 is 9.47 Å². The summed E-state index contributed by atoms with van der Waals surface area (Å²) in [6.45, 7) is 4.72. The average molecular weight is 535 g/mol. The van der Waals surface area contributed by atoms with Crippen LogP contribution in [0.2, 0.25) is 0 Å². The normalized spacial score (nSPS) is 20.1. The molecule has 2 amide bonds. The van der Waals surface area contributed by atoms with Crippen molar-refractivity contribution in [3.63, 3.8) is 0 Å². The molecule has 0 bridgehead atoms. The van der Waals surface area contributed by atoms with Crippen molar-refractivity contribution >= 4 is 23.2 Å². The monoisotopic (exact) mass is 534 g/mol. The number of carbonyl (C=O) groups is 2. The van der Waals surface area contributed by atoms with Gasteiger partial charge in [0.05, 0.1) is 24.0 Å². The number of anilines is 2. The highest BCUT2D eigenvalue weighted by Crippen LogP contribution is 2.48. The molecule has 0 spiro atoms. The second-order valence-corrected chi connectivity index (χ2v) is 9.92. The largest absolute Gasteiger partial charge is 0.490 e. The predicted molar refractivity (Wildman–Crippen MR) is 152 cm³/mol. The molecular formula is C33H30N2O5. The van der Waals surface area contributed by atoms with E-state index in [1.54, 1.807) is 17.2 Å². The van der Waals surface area contributed by atoms with Crippen molar-refractivity contribution in [2.45, 2.75) is 32.6 Å². The van der Waals surface area contributed by atoms with E-state index in [1.165, 1.54) is 4.90 Å². The summed E-state index contributed by atoms with van der Waals surface area (Å²) < 4.78 is 12.1. The molecule has 0 N–H and O–H groups in total. The number of imide groups is 1. The molecule has 3 atom stereocenters. The van der Waals surface area contributed by atoms with E-state index in [-0.39, 0.29) is 11.8 Å². The number of rotatable bonds is 8. The SMILES string of the molecule is CCOc1cc([C@H]2[C@@H]3C(=O)N(c4ccc(C)cc4)C(=O)[C@H]3ON2c2ccccc2)ccc1OCc1ccccc1. The Hall–Kier alpha value is -4.62. The number of hydrogen-bond donors (Lipinski definition) is 0. The van der Waals surface area contributed by atoms with Gasteiger partial charge in [-0.3, -0.25) is 14.4 Å². The molecular weight excluding hydrogens is 504 g/mol. The van der Waals surface area contributed by atoms with Gasteiger partial charge in [0, 0.05) is 0 Å². The summed E-state index contributed by atoms with van der Waals surface area (Å²) in [6, 6.07) is 31.9. The summed E-state index contributed by atoms with van der Waals surface area (Å²) in [4.78, 5) is 35.0. The minimum Gasteiger partial charge on any atom is -0.490 e. The lowest BCUT2D eigenvalue weighted by Crippen LogP contribution is -2.37. The molecule has 202 valence electrons. The fourth-order valence-corrected chi connectivity index (χ4v) is 5.33. The molecule has 0 saturated carbocycles. The standard InChI is InChI=1S/C33H30N2O5/c1-3-38-28-20-24(16-19-27(28)39-21-23-10-6-4-7-11-23)30-29-31(40-35(30)26-12-8-5-9-13-26)33(37)34(32(29)36)25-17-14-22(2)15-18-25/h4-20,29-31H,3,21H2,1-2H3/t29-,30-,31-/m0/s1. The zero-order chi connectivity index (χ0) is 27.6. The van der Waals surface area contributed by atoms with Crippen LogP contribution in [0.5, 0.6) is 11.5 Å². The van der Waals surface area contributed by atoms with Crippen molar-refractivity contribution in [2.24, 2.45) is 5.92 Å². The Morgan fingerprint density at radius 1 is 0.750 bits per heavy atom. The van der Waals surface area contributed by atoms with Crippen molar-refractivity contribution in [3.05, 3.63) is 120 Å². The Balaban J connectivity index is 1.37. The van der Waals surface area contributed by atoms with Gasteiger partial charge in [0.2, 0.25) is 5.91 Å². The molecule has 0 aliphatic carbocycles. The molecule has 0 aromatic heterocycles. The van der Waals surface area contributed by atoms with Crippen LogP contribution >= 0.6 is 0 Å². The van der Waals surface area contributed by atoms with Gasteiger partial charge in [-0.15, -0.1) is 0 Å². The zero-order valence-electron chi connectivity index (χ0n) is 22.4. The maximum atomic E-state index is 13.9. The number of amides is 2. The zero-order valence-corrected chi connectivity index (χ0v) is 22.4. The van der Waals surface area contributed by atoms with Crippen LogP contribution in [0.3, 0.4) is 0 Å². The molecule has 4 aromatic rings. The molecule has 2 aliphatic rings. The molecule has 0 unspecified atom stereocenters. The van der Waals surface area contributed by atoms with Gasteiger partial charge in [0.25, 0.3) is 5.91 Å². The lowest BCUT2D eigenvalue weighted by atomic mass is 9.90. The van der Waals surface area contributed by atoms with E-state index in [0.717, 1.165) is 22.4 Å². The Kier molecular flexibility index (Phi) is 6.97. The van der Waals surface area contributed by atoms with E-state index in [1.807, 2.05) is 105 Å². The summed E-state index contributed by atoms with van der Waals surface area (Å²) in [5.41, 5.74) is 4.18. The van der Waals surface area contributed by atoms with E-state index in [9.17, 15) is 9.59 Å². The van der Waals surface area contributed by atoms with Crippen LogP contribution in [0.4, 0.5) is 11.4 Å². The van der Waals surface area contributed by atoms with Crippen LogP contribution in [-0.4, -0.2) is 24.5 Å². The number of hydroxylamine groups is 1. The Labute approximate surface area is 233 Å². The molecule has 7 heteroatoms. The van der Waals surface area contributed by atoms with E-state index in [2.05, 4.69) is 0 Å². The third kappa shape index (κ3) is 4.69. The van der Waals surface area contributed by atoms with Crippen molar-refractivity contribution in [3.8, 4) is 11.5 Å². The lowest BCUT2D eigenvalue weighted by molar-refractivity contribution is -0.126. The number of benzene rings is 4. The number of ether oxygens (including phenoxy) is 2. The number of para-hydroxylation sites is 1. The molecule has 0 radical (unpaired) electrons. The van der Waals surface area contributed by atoms with Gasteiger partial charge in [-0.1, -0.05) is 72.3 Å². The van der Waals surface area contributed by atoms with Gasteiger partial charge in [0.1, 0.15) is 12.5 Å². The van der Waals surface area contributed by atoms with Crippen molar-refractivity contribution < 1.29 is 23.9 Å². The summed E-state index contributed by atoms with van der Waals surface area (Å²) >= 11 is 0. The number of nitrogens with zero attached hydrogens (tertiary/aromatic N) is 2. The first-order valence-electron chi connectivity index (χ1n) is 13.4. The molecule has 4 aromatic carbocycles. The van der Waals surface area contributed by atoms with Gasteiger partial charge in [0.15, 0.2) is 17.6 Å². The van der Waals surface area contributed by atoms with Crippen LogP contribution in [0.15, 0.2) is 103 Å². The van der Waals surface area contributed by atoms with Crippen LogP contribution in [0, 0.1) is 12.8 Å². The molecule has 2 aliphatic heterocycles. The van der Waals surface area contributed by atoms with Crippen LogP contribution in [0.25, 0.3) is 0 Å². The minimum absolute atomic E-state index is 0.287. The van der Waals surface area contributed by atoms with Crippen molar-refractivity contribution in [1.82, 2.24) is 0 Å². The second-order valence-electron chi connectivity index (χ2n) is 9.92. The predicted octanol–water partition coefficient (Wildman–Crippen LogP) is 6.02. The molecule has 2 heterocycles. The highest BCUT2D eigenvalue weighted by Gasteiger charge is 2.60. The van der Waals surface area contributed by atoms with Gasteiger partial charge >= 0.3 is 0 Å². The van der Waals surface area contributed by atoms with Crippen LogP contribution in [0.1, 0.15) is 29.7 Å². The van der Waals surface area contributed by atoms with E-state index in [4.69, 9.17) is 14.3 Å². The van der Waals surface area contributed by atoms with Crippen LogP contribution in [-0.2, 0) is 21.0 Å². The van der Waals surface area contributed by atoms with Gasteiger partial charge in [-0.25, -0.2) is 9.96 Å². The van der Waals surface area contributed by atoms with Gasteiger partial charge in [-0.05, 0) is 61.4 Å². The summed E-state index contributed by atoms with van der Waals surface area (Å²) in [6.07, 6.45) is -0.941. The second kappa shape index (κ2) is 10.9. The molecule has 40 heavy (non-hydrogen) atoms. The number of carbonyl (C=O) groups excluding carboxylic acids is 2. The van der Waals surface area contributed by atoms with Gasteiger partial charge in [-0.2, -0.15) is 0 Å². The maximum absolute atomic E-state index is 13.9.